The van der Waals surface area contributed by atoms with Gasteiger partial charge in [0.15, 0.2) is 0 Å². The molecule has 1 saturated carbocycles. The van der Waals surface area contributed by atoms with Crippen LogP contribution < -0.4 is 11.1 Å². The molecular weight excluding hydrogens is 224 g/mol. The maximum absolute atomic E-state index is 12.0. The molecule has 0 spiro atoms. The topological polar surface area (TPSA) is 102 Å². The predicted octanol–water partition coefficient (Wildman–Crippen LogP) is -0.526. The summed E-state index contributed by atoms with van der Waals surface area (Å²) in [7, 11) is 0. The number of carboxylic acids is 1. The average molecular weight is 242 g/mol. The van der Waals surface area contributed by atoms with Crippen LogP contribution in [0.2, 0.25) is 0 Å². The molecule has 4 N–H and O–H groups in total. The van der Waals surface area contributed by atoms with Crippen molar-refractivity contribution in [2.75, 3.05) is 13.2 Å². The summed E-state index contributed by atoms with van der Waals surface area (Å²) in [5, 5.41) is 11.8. The van der Waals surface area contributed by atoms with E-state index in [4.69, 9.17) is 10.5 Å². The van der Waals surface area contributed by atoms with Gasteiger partial charge in [-0.1, -0.05) is 0 Å². The van der Waals surface area contributed by atoms with E-state index in [9.17, 15) is 14.7 Å². The molecular formula is C11H18N2O4. The van der Waals surface area contributed by atoms with E-state index in [0.717, 1.165) is 12.8 Å². The lowest BCUT2D eigenvalue weighted by Gasteiger charge is -2.30. The number of hydrogen-bond acceptors (Lipinski definition) is 4. The molecule has 0 bridgehead atoms. The van der Waals surface area contributed by atoms with Crippen molar-refractivity contribution in [2.24, 2.45) is 11.7 Å². The lowest BCUT2D eigenvalue weighted by Crippen LogP contribution is -2.63. The van der Waals surface area contributed by atoms with Gasteiger partial charge in [0.2, 0.25) is 5.91 Å². The molecule has 6 nitrogen and oxygen atoms in total. The van der Waals surface area contributed by atoms with Crippen LogP contribution in [0, 0.1) is 5.92 Å². The van der Waals surface area contributed by atoms with Crippen LogP contribution in [0.15, 0.2) is 0 Å². The van der Waals surface area contributed by atoms with Crippen molar-refractivity contribution < 1.29 is 19.4 Å². The molecule has 1 aliphatic carbocycles. The number of carboxylic acid groups (broad SMARTS) is 1. The highest BCUT2D eigenvalue weighted by Crippen LogP contribution is 2.40. The summed E-state index contributed by atoms with van der Waals surface area (Å²) in [6.07, 6.45) is 2.09. The van der Waals surface area contributed by atoms with Crippen molar-refractivity contribution in [3.8, 4) is 0 Å². The van der Waals surface area contributed by atoms with Crippen LogP contribution in [0.25, 0.3) is 0 Å². The number of carbonyl (C=O) groups is 2. The van der Waals surface area contributed by atoms with Gasteiger partial charge in [-0.05, 0) is 32.1 Å². The minimum atomic E-state index is -1.20. The highest BCUT2D eigenvalue weighted by Gasteiger charge is 2.51. The number of amides is 1. The van der Waals surface area contributed by atoms with Crippen molar-refractivity contribution in [2.45, 2.75) is 37.3 Å². The average Bonchev–Trinajstić information content (AvgIpc) is 3.02. The Bertz CT molecular complexity index is 347. The Morgan fingerprint density at radius 3 is 2.59 bits per heavy atom. The van der Waals surface area contributed by atoms with Crippen molar-refractivity contribution in [3.63, 3.8) is 0 Å². The monoisotopic (exact) mass is 242 g/mol. The van der Waals surface area contributed by atoms with E-state index in [2.05, 4.69) is 5.32 Å². The summed E-state index contributed by atoms with van der Waals surface area (Å²) in [6.45, 7) is 2.14. The molecule has 6 heteroatoms. The Kier molecular flexibility index (Phi) is 2.87. The highest BCUT2D eigenvalue weighted by molar-refractivity contribution is 5.92. The van der Waals surface area contributed by atoms with Gasteiger partial charge in [0, 0.05) is 6.61 Å². The zero-order valence-corrected chi connectivity index (χ0v) is 9.86. The minimum absolute atomic E-state index is 0.00914. The van der Waals surface area contributed by atoms with Crippen LogP contribution in [-0.2, 0) is 14.3 Å². The van der Waals surface area contributed by atoms with Gasteiger partial charge in [-0.3, -0.25) is 4.79 Å². The predicted molar refractivity (Wildman–Crippen MR) is 59.3 cm³/mol. The maximum Gasteiger partial charge on any atom is 0.329 e. The summed E-state index contributed by atoms with van der Waals surface area (Å²) < 4.78 is 5.10. The second kappa shape index (κ2) is 3.96. The third-order valence-electron chi connectivity index (χ3n) is 3.72. The van der Waals surface area contributed by atoms with Gasteiger partial charge < -0.3 is 20.9 Å². The first kappa shape index (κ1) is 12.3. The normalized spacial score (nSPS) is 31.9. The van der Waals surface area contributed by atoms with Gasteiger partial charge in [-0.2, -0.15) is 0 Å². The maximum atomic E-state index is 12.0. The molecule has 2 unspecified atom stereocenters. The summed E-state index contributed by atoms with van der Waals surface area (Å²) in [4.78, 5) is 23.3. The van der Waals surface area contributed by atoms with E-state index >= 15 is 0 Å². The molecule has 1 saturated heterocycles. The van der Waals surface area contributed by atoms with Gasteiger partial charge in [0.25, 0.3) is 0 Å². The smallest absolute Gasteiger partial charge is 0.329 e. The van der Waals surface area contributed by atoms with Gasteiger partial charge >= 0.3 is 5.97 Å². The standard InChI is InChI=1S/C11H18N2O4/c1-10(9(15)16,7-2-3-7)13-8(14)11(12)4-5-17-6-11/h7H,2-6,12H2,1H3,(H,13,14)(H,15,16). The first-order valence-electron chi connectivity index (χ1n) is 5.81. The number of nitrogens with two attached hydrogens (primary N) is 1. The Labute approximate surface area is 99.5 Å². The zero-order chi connectivity index (χ0) is 12.7. The molecule has 2 fully saturated rings. The molecule has 17 heavy (non-hydrogen) atoms. The number of hydrogen-bond donors (Lipinski definition) is 3. The summed E-state index contributed by atoms with van der Waals surface area (Å²) in [6, 6.07) is 0. The number of ether oxygens (including phenoxy) is 1. The summed E-state index contributed by atoms with van der Waals surface area (Å²) in [5.74, 6) is -1.42. The third kappa shape index (κ3) is 2.14. The molecule has 1 amide bonds. The molecule has 0 aromatic heterocycles. The van der Waals surface area contributed by atoms with Gasteiger partial charge in [-0.25, -0.2) is 4.79 Å². The molecule has 2 aliphatic rings. The van der Waals surface area contributed by atoms with Crippen LogP contribution in [0.5, 0.6) is 0 Å². The Balaban J connectivity index is 2.08. The SMILES string of the molecule is CC(NC(=O)C1(N)CCOC1)(C(=O)O)C1CC1. The van der Waals surface area contributed by atoms with Crippen LogP contribution >= 0.6 is 0 Å². The van der Waals surface area contributed by atoms with Crippen LogP contribution in [0.4, 0.5) is 0 Å². The van der Waals surface area contributed by atoms with Crippen molar-refractivity contribution >= 4 is 11.9 Å². The lowest BCUT2D eigenvalue weighted by atomic mass is 9.92. The molecule has 2 atom stereocenters. The molecule has 0 radical (unpaired) electrons. The highest BCUT2D eigenvalue weighted by atomic mass is 16.5. The van der Waals surface area contributed by atoms with E-state index in [1.165, 1.54) is 0 Å². The number of aliphatic carboxylic acids is 1. The van der Waals surface area contributed by atoms with Crippen LogP contribution in [0.1, 0.15) is 26.2 Å². The largest absolute Gasteiger partial charge is 0.480 e. The molecule has 96 valence electrons. The van der Waals surface area contributed by atoms with E-state index < -0.39 is 23.0 Å². The number of rotatable bonds is 4. The summed E-state index contributed by atoms with van der Waals surface area (Å²) >= 11 is 0. The first-order chi connectivity index (χ1) is 7.88. The Hall–Kier alpha value is -1.14. The second-order valence-corrected chi connectivity index (χ2v) is 5.19. The first-order valence-corrected chi connectivity index (χ1v) is 5.81. The van der Waals surface area contributed by atoms with E-state index in [1.54, 1.807) is 6.92 Å². The molecule has 1 heterocycles. The van der Waals surface area contributed by atoms with Crippen molar-refractivity contribution in [1.29, 1.82) is 0 Å². The van der Waals surface area contributed by atoms with Crippen LogP contribution in [0.3, 0.4) is 0 Å². The van der Waals surface area contributed by atoms with Crippen molar-refractivity contribution in [3.05, 3.63) is 0 Å². The lowest BCUT2D eigenvalue weighted by molar-refractivity contribution is -0.148. The zero-order valence-electron chi connectivity index (χ0n) is 9.86. The van der Waals surface area contributed by atoms with E-state index in [-0.39, 0.29) is 12.5 Å². The van der Waals surface area contributed by atoms with E-state index in [0.29, 0.717) is 13.0 Å². The Morgan fingerprint density at radius 2 is 2.18 bits per heavy atom. The molecule has 2 rings (SSSR count). The van der Waals surface area contributed by atoms with Gasteiger partial charge in [-0.15, -0.1) is 0 Å². The van der Waals surface area contributed by atoms with Gasteiger partial charge in [0.05, 0.1) is 6.61 Å². The summed E-state index contributed by atoms with van der Waals surface area (Å²) in [5.41, 5.74) is 3.62. The minimum Gasteiger partial charge on any atom is -0.480 e. The van der Waals surface area contributed by atoms with E-state index in [1.807, 2.05) is 0 Å². The van der Waals surface area contributed by atoms with Gasteiger partial charge in [0.1, 0.15) is 11.1 Å². The van der Waals surface area contributed by atoms with Crippen LogP contribution in [-0.4, -0.2) is 41.3 Å². The quantitative estimate of drug-likeness (QED) is 0.615. The molecule has 0 aromatic rings. The fourth-order valence-electron chi connectivity index (χ4n) is 2.11. The fourth-order valence-corrected chi connectivity index (χ4v) is 2.11. The second-order valence-electron chi connectivity index (χ2n) is 5.19. The molecule has 0 aromatic carbocycles. The third-order valence-corrected chi connectivity index (χ3v) is 3.72. The van der Waals surface area contributed by atoms with Crippen molar-refractivity contribution in [1.82, 2.24) is 5.32 Å². The Morgan fingerprint density at radius 1 is 1.53 bits per heavy atom. The number of carbonyl (C=O) groups excluding carboxylic acids is 1. The number of nitrogens with one attached hydrogen (secondary N) is 1. The fraction of sp³-hybridized carbons (Fsp3) is 0.818. The molecule has 1 aliphatic heterocycles.